The Bertz CT molecular complexity index is 392. The van der Waals surface area contributed by atoms with E-state index >= 15 is 0 Å². The molecule has 1 N–H and O–H groups in total. The summed E-state index contributed by atoms with van der Waals surface area (Å²) in [6, 6.07) is 8.21. The molecule has 2 aliphatic heterocycles. The van der Waals surface area contributed by atoms with E-state index in [-0.39, 0.29) is 0 Å². The van der Waals surface area contributed by atoms with Crippen LogP contribution in [-0.2, 0) is 0 Å². The average Bonchev–Trinajstić information content (AvgIpc) is 2.94. The second-order valence-electron chi connectivity index (χ2n) is 5.62. The van der Waals surface area contributed by atoms with Crippen LogP contribution in [0.25, 0.3) is 0 Å². The van der Waals surface area contributed by atoms with Gasteiger partial charge in [0.25, 0.3) is 0 Å². The Morgan fingerprint density at radius 3 is 2.47 bits per heavy atom. The van der Waals surface area contributed by atoms with Crippen molar-refractivity contribution in [3.05, 3.63) is 29.3 Å². The van der Waals surface area contributed by atoms with Crippen molar-refractivity contribution in [2.45, 2.75) is 6.42 Å². The van der Waals surface area contributed by atoms with Gasteiger partial charge in [-0.1, -0.05) is 11.6 Å². The minimum Gasteiger partial charge on any atom is -0.369 e. The average molecular weight is 280 g/mol. The molecule has 0 bridgehead atoms. The summed E-state index contributed by atoms with van der Waals surface area (Å²) >= 11 is 5.94. The summed E-state index contributed by atoms with van der Waals surface area (Å²) in [7, 11) is 0. The van der Waals surface area contributed by atoms with Crippen LogP contribution in [0.5, 0.6) is 0 Å². The molecule has 0 amide bonds. The number of piperazine rings is 1. The summed E-state index contributed by atoms with van der Waals surface area (Å²) in [6.45, 7) is 8.29. The van der Waals surface area contributed by atoms with E-state index in [1.54, 1.807) is 0 Å². The lowest BCUT2D eigenvalue weighted by molar-refractivity contribution is 0.225. The van der Waals surface area contributed by atoms with E-state index in [1.165, 1.54) is 44.8 Å². The van der Waals surface area contributed by atoms with Crippen molar-refractivity contribution in [3.8, 4) is 0 Å². The molecule has 0 spiro atoms. The van der Waals surface area contributed by atoms with Gasteiger partial charge in [-0.15, -0.1) is 0 Å². The number of nitrogens with zero attached hydrogens (tertiary/aromatic N) is 2. The zero-order chi connectivity index (χ0) is 13.1. The standard InChI is InChI=1S/C15H22ClN3/c16-14-1-3-15(4-2-14)19-9-7-18(8-10-19)12-13-5-6-17-11-13/h1-4,13,17H,5-12H2. The van der Waals surface area contributed by atoms with Crippen molar-refractivity contribution in [2.24, 2.45) is 5.92 Å². The largest absolute Gasteiger partial charge is 0.369 e. The molecule has 2 saturated heterocycles. The first-order valence-corrected chi connectivity index (χ1v) is 7.62. The van der Waals surface area contributed by atoms with Gasteiger partial charge in [-0.25, -0.2) is 0 Å². The zero-order valence-corrected chi connectivity index (χ0v) is 12.1. The van der Waals surface area contributed by atoms with Crippen LogP contribution < -0.4 is 10.2 Å². The third-order valence-corrected chi connectivity index (χ3v) is 4.49. The zero-order valence-electron chi connectivity index (χ0n) is 11.3. The number of nitrogens with one attached hydrogen (secondary N) is 1. The van der Waals surface area contributed by atoms with Gasteiger partial charge in [-0.2, -0.15) is 0 Å². The minimum atomic E-state index is 0.816. The fourth-order valence-corrected chi connectivity index (χ4v) is 3.20. The van der Waals surface area contributed by atoms with E-state index in [0.29, 0.717) is 0 Å². The van der Waals surface area contributed by atoms with E-state index < -0.39 is 0 Å². The first-order valence-electron chi connectivity index (χ1n) is 7.25. The van der Waals surface area contributed by atoms with Gasteiger partial charge in [-0.05, 0) is 49.7 Å². The van der Waals surface area contributed by atoms with Gasteiger partial charge in [0.15, 0.2) is 0 Å². The molecule has 104 valence electrons. The number of hydrogen-bond donors (Lipinski definition) is 1. The first kappa shape index (κ1) is 13.2. The maximum Gasteiger partial charge on any atom is 0.0407 e. The monoisotopic (exact) mass is 279 g/mol. The molecule has 4 heteroatoms. The van der Waals surface area contributed by atoms with Gasteiger partial charge < -0.3 is 10.2 Å². The summed E-state index contributed by atoms with van der Waals surface area (Å²) in [5.74, 6) is 0.863. The molecule has 3 nitrogen and oxygen atoms in total. The van der Waals surface area contributed by atoms with E-state index in [4.69, 9.17) is 11.6 Å². The van der Waals surface area contributed by atoms with Crippen LogP contribution in [0.4, 0.5) is 5.69 Å². The Kier molecular flexibility index (Phi) is 4.26. The van der Waals surface area contributed by atoms with Gasteiger partial charge in [-0.3, -0.25) is 4.90 Å². The fourth-order valence-electron chi connectivity index (χ4n) is 3.08. The Hall–Kier alpha value is -0.770. The molecule has 2 fully saturated rings. The lowest BCUT2D eigenvalue weighted by Crippen LogP contribution is -2.48. The van der Waals surface area contributed by atoms with Gasteiger partial charge >= 0.3 is 0 Å². The highest BCUT2D eigenvalue weighted by Gasteiger charge is 2.22. The third-order valence-electron chi connectivity index (χ3n) is 4.24. The van der Waals surface area contributed by atoms with Crippen LogP contribution in [0.2, 0.25) is 5.02 Å². The predicted molar refractivity (Wildman–Crippen MR) is 81.1 cm³/mol. The quantitative estimate of drug-likeness (QED) is 0.914. The Labute approximate surface area is 120 Å². The molecular weight excluding hydrogens is 258 g/mol. The van der Waals surface area contributed by atoms with Crippen molar-refractivity contribution in [1.29, 1.82) is 0 Å². The molecule has 0 aromatic heterocycles. The lowest BCUT2D eigenvalue weighted by Gasteiger charge is -2.37. The summed E-state index contributed by atoms with van der Waals surface area (Å²) in [6.07, 6.45) is 1.34. The minimum absolute atomic E-state index is 0.816. The molecule has 1 aromatic rings. The van der Waals surface area contributed by atoms with Crippen LogP contribution in [0, 0.1) is 5.92 Å². The van der Waals surface area contributed by atoms with Gasteiger partial charge in [0.1, 0.15) is 0 Å². The molecule has 2 aliphatic rings. The second kappa shape index (κ2) is 6.12. The summed E-state index contributed by atoms with van der Waals surface area (Å²) < 4.78 is 0. The topological polar surface area (TPSA) is 18.5 Å². The van der Waals surface area contributed by atoms with Crippen LogP contribution in [0.3, 0.4) is 0 Å². The molecular formula is C15H22ClN3. The number of anilines is 1. The number of halogens is 1. The van der Waals surface area contributed by atoms with Gasteiger partial charge in [0.2, 0.25) is 0 Å². The Morgan fingerprint density at radius 2 is 1.84 bits per heavy atom. The molecule has 0 aliphatic carbocycles. The highest BCUT2D eigenvalue weighted by molar-refractivity contribution is 6.30. The normalized spacial score (nSPS) is 24.9. The van der Waals surface area contributed by atoms with Crippen LogP contribution in [-0.4, -0.2) is 50.7 Å². The van der Waals surface area contributed by atoms with E-state index in [9.17, 15) is 0 Å². The van der Waals surface area contributed by atoms with Crippen molar-refractivity contribution in [1.82, 2.24) is 10.2 Å². The molecule has 0 saturated carbocycles. The number of benzene rings is 1. The van der Waals surface area contributed by atoms with E-state index in [2.05, 4.69) is 27.2 Å². The SMILES string of the molecule is Clc1ccc(N2CCN(CC3CCNC3)CC2)cc1. The molecule has 1 aromatic carbocycles. The molecule has 19 heavy (non-hydrogen) atoms. The molecule has 1 atom stereocenters. The number of rotatable bonds is 3. The van der Waals surface area contributed by atoms with Crippen LogP contribution >= 0.6 is 11.6 Å². The van der Waals surface area contributed by atoms with E-state index in [1.807, 2.05) is 12.1 Å². The van der Waals surface area contributed by atoms with Crippen molar-refractivity contribution in [2.75, 3.05) is 50.7 Å². The van der Waals surface area contributed by atoms with Crippen molar-refractivity contribution >= 4 is 17.3 Å². The number of hydrogen-bond acceptors (Lipinski definition) is 3. The van der Waals surface area contributed by atoms with Crippen molar-refractivity contribution < 1.29 is 0 Å². The Morgan fingerprint density at radius 1 is 1.11 bits per heavy atom. The van der Waals surface area contributed by atoms with Gasteiger partial charge in [0, 0.05) is 43.4 Å². The molecule has 0 radical (unpaired) electrons. The highest BCUT2D eigenvalue weighted by atomic mass is 35.5. The first-order chi connectivity index (χ1) is 9.31. The Balaban J connectivity index is 1.50. The van der Waals surface area contributed by atoms with Gasteiger partial charge in [0.05, 0.1) is 0 Å². The summed E-state index contributed by atoms with van der Waals surface area (Å²) in [4.78, 5) is 5.07. The predicted octanol–water partition coefficient (Wildman–Crippen LogP) is 2.07. The smallest absolute Gasteiger partial charge is 0.0407 e. The lowest BCUT2D eigenvalue weighted by atomic mass is 10.1. The molecule has 3 rings (SSSR count). The van der Waals surface area contributed by atoms with Crippen molar-refractivity contribution in [3.63, 3.8) is 0 Å². The molecule has 2 heterocycles. The summed E-state index contributed by atoms with van der Waals surface area (Å²) in [5.41, 5.74) is 1.30. The van der Waals surface area contributed by atoms with Crippen LogP contribution in [0.15, 0.2) is 24.3 Å². The second-order valence-corrected chi connectivity index (χ2v) is 6.06. The maximum atomic E-state index is 5.94. The molecule has 1 unspecified atom stereocenters. The third kappa shape index (κ3) is 3.41. The van der Waals surface area contributed by atoms with E-state index in [0.717, 1.165) is 24.0 Å². The van der Waals surface area contributed by atoms with Crippen LogP contribution in [0.1, 0.15) is 6.42 Å². The fraction of sp³-hybridized carbons (Fsp3) is 0.600. The summed E-state index contributed by atoms with van der Waals surface area (Å²) in [5, 5.41) is 4.27. The highest BCUT2D eigenvalue weighted by Crippen LogP contribution is 2.20. The maximum absolute atomic E-state index is 5.94.